The second kappa shape index (κ2) is 7.94. The van der Waals surface area contributed by atoms with E-state index in [2.05, 4.69) is 22.7 Å². The monoisotopic (exact) mass is 266 g/mol. The van der Waals surface area contributed by atoms with Crippen molar-refractivity contribution in [3.05, 3.63) is 17.5 Å². The molecule has 5 heteroatoms. The summed E-state index contributed by atoms with van der Waals surface area (Å²) >= 11 is 0. The molecule has 5 nitrogen and oxygen atoms in total. The van der Waals surface area contributed by atoms with Gasteiger partial charge in [0.15, 0.2) is 0 Å². The molecule has 0 aliphatic carbocycles. The van der Waals surface area contributed by atoms with Gasteiger partial charge in [0, 0.05) is 25.2 Å². The van der Waals surface area contributed by atoms with Crippen LogP contribution in [-0.4, -0.2) is 35.3 Å². The van der Waals surface area contributed by atoms with Gasteiger partial charge in [-0.05, 0) is 39.8 Å². The van der Waals surface area contributed by atoms with Gasteiger partial charge in [-0.15, -0.1) is 0 Å². The summed E-state index contributed by atoms with van der Waals surface area (Å²) in [7, 11) is 0. The number of rotatable bonds is 8. The predicted molar refractivity (Wildman–Crippen MR) is 77.2 cm³/mol. The fourth-order valence-electron chi connectivity index (χ4n) is 2.11. The first-order valence-electron chi connectivity index (χ1n) is 7.04. The van der Waals surface area contributed by atoms with E-state index in [-0.39, 0.29) is 11.9 Å². The summed E-state index contributed by atoms with van der Waals surface area (Å²) in [5, 5.41) is 10.6. The summed E-state index contributed by atoms with van der Waals surface area (Å²) < 4.78 is 1.92. The maximum atomic E-state index is 11.8. The largest absolute Gasteiger partial charge is 0.355 e. The van der Waals surface area contributed by atoms with Gasteiger partial charge >= 0.3 is 0 Å². The minimum absolute atomic E-state index is 0.0818. The van der Waals surface area contributed by atoms with Crippen LogP contribution in [0.15, 0.2) is 6.07 Å². The maximum absolute atomic E-state index is 11.8. The second-order valence-electron chi connectivity index (χ2n) is 5.02. The van der Waals surface area contributed by atoms with E-state index < -0.39 is 0 Å². The van der Waals surface area contributed by atoms with Crippen molar-refractivity contribution in [1.82, 2.24) is 20.4 Å². The number of carbonyl (C=O) groups excluding carboxylic acids is 1. The highest BCUT2D eigenvalue weighted by molar-refractivity contribution is 5.76. The first-order chi connectivity index (χ1) is 9.04. The summed E-state index contributed by atoms with van der Waals surface area (Å²) in [6.45, 7) is 10.6. The van der Waals surface area contributed by atoms with Crippen molar-refractivity contribution in [1.29, 1.82) is 0 Å². The van der Waals surface area contributed by atoms with Crippen molar-refractivity contribution >= 4 is 5.91 Å². The summed E-state index contributed by atoms with van der Waals surface area (Å²) in [6, 6.07) is 2.13. The fraction of sp³-hybridized carbons (Fsp3) is 0.714. The molecule has 1 heterocycles. The zero-order valence-corrected chi connectivity index (χ0v) is 12.5. The lowest BCUT2D eigenvalue weighted by molar-refractivity contribution is -0.121. The van der Waals surface area contributed by atoms with Crippen LogP contribution in [0, 0.1) is 13.8 Å². The molecule has 0 bridgehead atoms. The molecular formula is C14H26N4O. The molecule has 0 aliphatic heterocycles. The number of hydrogen-bond donors (Lipinski definition) is 2. The van der Waals surface area contributed by atoms with Gasteiger partial charge < -0.3 is 10.6 Å². The Labute approximate surface area is 115 Å². The zero-order valence-electron chi connectivity index (χ0n) is 12.5. The van der Waals surface area contributed by atoms with Gasteiger partial charge in [-0.25, -0.2) is 0 Å². The molecule has 1 aromatic heterocycles. The van der Waals surface area contributed by atoms with Crippen LogP contribution in [0.1, 0.15) is 44.1 Å². The standard InChI is InChI=1S/C14H26N4O/c1-5-6-15-7-8-16-14(19)10-13(4)18-12(3)9-11(2)17-18/h9,13,15H,5-8,10H2,1-4H3,(H,16,19). The lowest BCUT2D eigenvalue weighted by Crippen LogP contribution is -2.33. The van der Waals surface area contributed by atoms with Gasteiger partial charge in [0.1, 0.15) is 0 Å². The Morgan fingerprint density at radius 1 is 1.37 bits per heavy atom. The zero-order chi connectivity index (χ0) is 14.3. The SMILES string of the molecule is CCCNCCNC(=O)CC(C)n1nc(C)cc1C. The molecule has 0 aliphatic rings. The summed E-state index contributed by atoms with van der Waals surface area (Å²) in [6.07, 6.45) is 1.58. The summed E-state index contributed by atoms with van der Waals surface area (Å²) in [5.74, 6) is 0.0818. The van der Waals surface area contributed by atoms with Crippen molar-refractivity contribution < 1.29 is 4.79 Å². The van der Waals surface area contributed by atoms with Crippen LogP contribution < -0.4 is 10.6 Å². The van der Waals surface area contributed by atoms with Crippen LogP contribution in [-0.2, 0) is 4.79 Å². The lowest BCUT2D eigenvalue weighted by Gasteiger charge is -2.14. The molecule has 108 valence electrons. The number of nitrogens with zero attached hydrogens (tertiary/aromatic N) is 2. The number of carbonyl (C=O) groups is 1. The number of aryl methyl sites for hydroxylation is 2. The molecule has 0 saturated heterocycles. The van der Waals surface area contributed by atoms with Gasteiger partial charge in [-0.3, -0.25) is 9.48 Å². The lowest BCUT2D eigenvalue weighted by atomic mass is 10.2. The Bertz CT molecular complexity index is 400. The van der Waals surface area contributed by atoms with E-state index in [1.165, 1.54) is 0 Å². The van der Waals surface area contributed by atoms with Gasteiger partial charge in [0.25, 0.3) is 0 Å². The predicted octanol–water partition coefficient (Wildman–Crippen LogP) is 1.57. The Hall–Kier alpha value is -1.36. The molecule has 1 amide bonds. The second-order valence-corrected chi connectivity index (χ2v) is 5.02. The molecule has 0 fully saturated rings. The van der Waals surface area contributed by atoms with Gasteiger partial charge in [0.2, 0.25) is 5.91 Å². The van der Waals surface area contributed by atoms with E-state index in [4.69, 9.17) is 0 Å². The molecule has 1 atom stereocenters. The molecular weight excluding hydrogens is 240 g/mol. The van der Waals surface area contributed by atoms with Crippen molar-refractivity contribution in [2.75, 3.05) is 19.6 Å². The topological polar surface area (TPSA) is 58.9 Å². The fourth-order valence-corrected chi connectivity index (χ4v) is 2.11. The van der Waals surface area contributed by atoms with E-state index >= 15 is 0 Å². The van der Waals surface area contributed by atoms with E-state index in [1.54, 1.807) is 0 Å². The molecule has 19 heavy (non-hydrogen) atoms. The average molecular weight is 266 g/mol. The van der Waals surface area contributed by atoms with Gasteiger partial charge in [-0.2, -0.15) is 5.10 Å². The molecule has 0 radical (unpaired) electrons. The number of hydrogen-bond acceptors (Lipinski definition) is 3. The Morgan fingerprint density at radius 2 is 2.11 bits per heavy atom. The van der Waals surface area contributed by atoms with E-state index in [0.29, 0.717) is 13.0 Å². The summed E-state index contributed by atoms with van der Waals surface area (Å²) in [4.78, 5) is 11.8. The number of aromatic nitrogens is 2. The Balaban J connectivity index is 2.30. The highest BCUT2D eigenvalue weighted by Crippen LogP contribution is 2.13. The average Bonchev–Trinajstić information content (AvgIpc) is 2.68. The Morgan fingerprint density at radius 3 is 2.68 bits per heavy atom. The Kier molecular flexibility index (Phi) is 6.56. The van der Waals surface area contributed by atoms with E-state index in [0.717, 1.165) is 30.9 Å². The first-order valence-corrected chi connectivity index (χ1v) is 7.04. The van der Waals surface area contributed by atoms with Crippen LogP contribution in [0.4, 0.5) is 0 Å². The van der Waals surface area contributed by atoms with E-state index in [9.17, 15) is 4.79 Å². The summed E-state index contributed by atoms with van der Waals surface area (Å²) in [5.41, 5.74) is 2.09. The van der Waals surface area contributed by atoms with Crippen molar-refractivity contribution in [3.8, 4) is 0 Å². The van der Waals surface area contributed by atoms with Crippen molar-refractivity contribution in [3.63, 3.8) is 0 Å². The molecule has 1 rings (SSSR count). The third-order valence-corrected chi connectivity index (χ3v) is 2.99. The van der Waals surface area contributed by atoms with Crippen LogP contribution in [0.5, 0.6) is 0 Å². The minimum atomic E-state index is 0.0818. The molecule has 0 spiro atoms. The number of amides is 1. The third-order valence-electron chi connectivity index (χ3n) is 2.99. The molecule has 2 N–H and O–H groups in total. The van der Waals surface area contributed by atoms with Crippen LogP contribution in [0.2, 0.25) is 0 Å². The van der Waals surface area contributed by atoms with E-state index in [1.807, 2.05) is 31.5 Å². The van der Waals surface area contributed by atoms with Crippen LogP contribution >= 0.6 is 0 Å². The highest BCUT2D eigenvalue weighted by Gasteiger charge is 2.13. The first kappa shape index (κ1) is 15.7. The molecule has 1 aromatic rings. The molecule has 1 unspecified atom stereocenters. The normalized spacial score (nSPS) is 12.4. The smallest absolute Gasteiger partial charge is 0.222 e. The van der Waals surface area contributed by atoms with Crippen molar-refractivity contribution in [2.24, 2.45) is 0 Å². The minimum Gasteiger partial charge on any atom is -0.355 e. The molecule has 0 aromatic carbocycles. The van der Waals surface area contributed by atoms with Gasteiger partial charge in [-0.1, -0.05) is 6.92 Å². The van der Waals surface area contributed by atoms with Crippen molar-refractivity contribution in [2.45, 2.75) is 46.6 Å². The van der Waals surface area contributed by atoms with Crippen LogP contribution in [0.3, 0.4) is 0 Å². The van der Waals surface area contributed by atoms with Gasteiger partial charge in [0.05, 0.1) is 11.7 Å². The maximum Gasteiger partial charge on any atom is 0.222 e. The van der Waals surface area contributed by atoms with Crippen LogP contribution in [0.25, 0.3) is 0 Å². The quantitative estimate of drug-likeness (QED) is 0.702. The molecule has 0 saturated carbocycles. The third kappa shape index (κ3) is 5.42. The number of nitrogens with one attached hydrogen (secondary N) is 2. The highest BCUT2D eigenvalue weighted by atomic mass is 16.1.